The van der Waals surface area contributed by atoms with Crippen LogP contribution in [-0.4, -0.2) is 10.6 Å². The Morgan fingerprint density at radius 3 is 2.19 bits per heavy atom. The van der Waals surface area contributed by atoms with Gasteiger partial charge in [-0.15, -0.1) is 0 Å². The maximum Gasteiger partial charge on any atom is 0.0626 e. The van der Waals surface area contributed by atoms with Crippen molar-refractivity contribution in [3.8, 4) is 0 Å². The van der Waals surface area contributed by atoms with Crippen molar-refractivity contribution in [2.75, 3.05) is 0 Å². The van der Waals surface area contributed by atoms with E-state index in [1.165, 1.54) is 92.8 Å². The van der Waals surface area contributed by atoms with Gasteiger partial charge in [0.05, 0.1) is 11.0 Å². The molecule has 272 valence electrons. The fourth-order valence-corrected chi connectivity index (χ4v) is 9.66. The average Bonchev–Trinajstić information content (AvgIpc) is 3.63. The molecule has 1 heterocycles. The first-order valence-electron chi connectivity index (χ1n) is 20.3. The third-order valence-electron chi connectivity index (χ3n) is 12.4. The van der Waals surface area contributed by atoms with Crippen LogP contribution < -0.4 is 5.73 Å². The van der Waals surface area contributed by atoms with Gasteiger partial charge in [-0.3, -0.25) is 0 Å². The summed E-state index contributed by atoms with van der Waals surface area (Å²) in [4.78, 5) is 0. The Morgan fingerprint density at radius 2 is 1.37 bits per heavy atom. The summed E-state index contributed by atoms with van der Waals surface area (Å²) in [6.07, 6.45) is 21.5. The summed E-state index contributed by atoms with van der Waals surface area (Å²) in [5.41, 5.74) is 17.2. The number of rotatable bonds is 6. The van der Waals surface area contributed by atoms with Gasteiger partial charge in [0.15, 0.2) is 0 Å². The highest BCUT2D eigenvalue weighted by Gasteiger charge is 2.23. The molecule has 0 amide bonds. The van der Waals surface area contributed by atoms with Gasteiger partial charge in [-0.05, 0) is 104 Å². The van der Waals surface area contributed by atoms with E-state index in [9.17, 15) is 0 Å². The summed E-state index contributed by atoms with van der Waals surface area (Å²) in [5, 5.41) is 12.9. The zero-order chi connectivity index (χ0) is 37.9. The van der Waals surface area contributed by atoms with Crippen LogP contribution >= 0.6 is 0 Å². The van der Waals surface area contributed by atoms with Gasteiger partial charge >= 0.3 is 0 Å². The van der Waals surface area contributed by atoms with Crippen LogP contribution in [-0.2, 0) is 6.42 Å². The lowest BCUT2D eigenvalue weighted by Crippen LogP contribution is -2.27. The molecular formula is C55H42N2. The quantitative estimate of drug-likeness (QED) is 0.134. The molecule has 2 unspecified atom stereocenters. The minimum Gasteiger partial charge on any atom is -0.324 e. The number of hydrogen-bond acceptors (Lipinski definition) is 1. The summed E-state index contributed by atoms with van der Waals surface area (Å²) in [5.74, 6) is 0.161. The number of fused-ring (bicyclic) bond motifs is 13. The van der Waals surface area contributed by atoms with E-state index in [1.54, 1.807) is 0 Å². The molecule has 0 radical (unpaired) electrons. The molecule has 0 aliphatic heterocycles. The summed E-state index contributed by atoms with van der Waals surface area (Å²) in [6.45, 7) is 0. The Kier molecular flexibility index (Phi) is 8.12. The second kappa shape index (κ2) is 13.8. The number of aromatic nitrogens is 1. The lowest BCUT2D eigenvalue weighted by Gasteiger charge is -2.23. The van der Waals surface area contributed by atoms with Crippen molar-refractivity contribution in [3.05, 3.63) is 204 Å². The molecule has 2 aliphatic carbocycles. The molecule has 2 aliphatic rings. The Labute approximate surface area is 332 Å². The van der Waals surface area contributed by atoms with Crippen LogP contribution in [0, 0.1) is 5.92 Å². The van der Waals surface area contributed by atoms with Gasteiger partial charge in [0.1, 0.15) is 0 Å². The maximum absolute atomic E-state index is 7.17. The predicted octanol–water partition coefficient (Wildman–Crippen LogP) is 13.9. The Bertz CT molecular complexity index is 3220. The molecule has 2 nitrogen and oxygen atoms in total. The lowest BCUT2D eigenvalue weighted by atomic mass is 9.87. The van der Waals surface area contributed by atoms with Crippen LogP contribution in [0.4, 0.5) is 0 Å². The number of allylic oxidation sites excluding steroid dienone is 6. The highest BCUT2D eigenvalue weighted by atomic mass is 15.0. The molecule has 0 fully saturated rings. The van der Waals surface area contributed by atoms with E-state index in [1.807, 2.05) is 0 Å². The van der Waals surface area contributed by atoms with E-state index in [0.717, 1.165) is 24.8 Å². The van der Waals surface area contributed by atoms with Gasteiger partial charge in [-0.25, -0.2) is 0 Å². The third kappa shape index (κ3) is 5.59. The summed E-state index contributed by atoms with van der Waals surface area (Å²) < 4.78 is 2.50. The fourth-order valence-electron chi connectivity index (χ4n) is 9.66. The Hall–Kier alpha value is -6.74. The molecular weight excluding hydrogens is 689 g/mol. The number of benzene rings is 8. The zero-order valence-electron chi connectivity index (χ0n) is 31.8. The van der Waals surface area contributed by atoms with Crippen LogP contribution in [0.15, 0.2) is 182 Å². The lowest BCUT2D eigenvalue weighted by molar-refractivity contribution is 0.580. The Balaban J connectivity index is 0.996. The summed E-state index contributed by atoms with van der Waals surface area (Å²) >= 11 is 0. The molecule has 2 N–H and O–H groups in total. The maximum atomic E-state index is 7.17. The van der Waals surface area contributed by atoms with Gasteiger partial charge in [-0.2, -0.15) is 0 Å². The smallest absolute Gasteiger partial charge is 0.0626 e. The monoisotopic (exact) mass is 730 g/mol. The van der Waals surface area contributed by atoms with E-state index < -0.39 is 0 Å². The SMILES string of the molecule is NC(/C=C(\C=C\c1cc2ccccc2c2c1CCC=C2)c1ccccc1)C1C=CC(n2c3ccccc3c3c4c5ccccc5ccc4c4ccccc4c32)=CC1. The van der Waals surface area contributed by atoms with E-state index in [2.05, 4.69) is 199 Å². The van der Waals surface area contributed by atoms with Gasteiger partial charge < -0.3 is 10.3 Å². The van der Waals surface area contributed by atoms with Crippen LogP contribution in [0.3, 0.4) is 0 Å². The second-order valence-electron chi connectivity index (χ2n) is 15.6. The molecule has 9 aromatic rings. The van der Waals surface area contributed by atoms with Crippen molar-refractivity contribution >= 4 is 88.3 Å². The molecule has 57 heavy (non-hydrogen) atoms. The van der Waals surface area contributed by atoms with Crippen molar-refractivity contribution in [1.82, 2.24) is 4.57 Å². The summed E-state index contributed by atoms with van der Waals surface area (Å²) in [7, 11) is 0. The minimum atomic E-state index is -0.165. The third-order valence-corrected chi connectivity index (χ3v) is 12.4. The topological polar surface area (TPSA) is 30.9 Å². The molecule has 2 heteroatoms. The van der Waals surface area contributed by atoms with Crippen molar-refractivity contribution in [2.45, 2.75) is 25.3 Å². The normalized spacial score (nSPS) is 16.4. The van der Waals surface area contributed by atoms with Crippen LogP contribution in [0.5, 0.6) is 0 Å². The second-order valence-corrected chi connectivity index (χ2v) is 15.6. The standard InChI is InChI=1S/C55H42N2/c56-51(35-39(36-14-2-1-3-15-36)26-27-41-34-40-17-5-6-18-43(40)46-21-9-8-19-44(41)46)38-28-31-42(32-29-38)57-52-25-13-12-24-50(52)54-53-45-20-7-4-16-37(45)30-33-48(53)47-22-10-11-23-49(47)55(54)57/h1-7,9-18,20-28,30-35,38,51H,8,19,29,56H2/b27-26+,39-35+. The van der Waals surface area contributed by atoms with Gasteiger partial charge in [0.2, 0.25) is 0 Å². The number of nitrogens with zero attached hydrogens (tertiary/aromatic N) is 1. The molecule has 0 bridgehead atoms. The molecule has 1 aromatic heterocycles. The van der Waals surface area contributed by atoms with Crippen molar-refractivity contribution in [1.29, 1.82) is 0 Å². The van der Waals surface area contributed by atoms with Crippen LogP contribution in [0.2, 0.25) is 0 Å². The molecule has 0 saturated carbocycles. The Morgan fingerprint density at radius 1 is 0.649 bits per heavy atom. The zero-order valence-corrected chi connectivity index (χ0v) is 31.8. The number of hydrogen-bond donors (Lipinski definition) is 1. The molecule has 0 spiro atoms. The summed E-state index contributed by atoms with van der Waals surface area (Å²) in [6, 6.07) is 52.9. The first kappa shape index (κ1) is 33.6. The van der Waals surface area contributed by atoms with E-state index in [4.69, 9.17) is 5.73 Å². The average molecular weight is 731 g/mol. The number of nitrogens with two attached hydrogens (primary N) is 1. The van der Waals surface area contributed by atoms with Crippen molar-refractivity contribution < 1.29 is 0 Å². The fraction of sp³-hybridized carbons (Fsp3) is 0.0909. The van der Waals surface area contributed by atoms with Crippen molar-refractivity contribution in [2.24, 2.45) is 11.7 Å². The number of para-hydroxylation sites is 1. The minimum absolute atomic E-state index is 0.161. The van der Waals surface area contributed by atoms with Gasteiger partial charge in [-0.1, -0.05) is 176 Å². The molecule has 2 atom stereocenters. The largest absolute Gasteiger partial charge is 0.324 e. The predicted molar refractivity (Wildman–Crippen MR) is 246 cm³/mol. The van der Waals surface area contributed by atoms with Crippen molar-refractivity contribution in [3.63, 3.8) is 0 Å². The van der Waals surface area contributed by atoms with E-state index in [-0.39, 0.29) is 12.0 Å². The molecule has 0 saturated heterocycles. The van der Waals surface area contributed by atoms with Gasteiger partial charge in [0.25, 0.3) is 0 Å². The van der Waals surface area contributed by atoms with Crippen LogP contribution in [0.25, 0.3) is 88.3 Å². The van der Waals surface area contributed by atoms with E-state index in [0.29, 0.717) is 0 Å². The first-order valence-corrected chi connectivity index (χ1v) is 20.3. The van der Waals surface area contributed by atoms with E-state index >= 15 is 0 Å². The molecule has 8 aromatic carbocycles. The highest BCUT2D eigenvalue weighted by molar-refractivity contribution is 6.37. The van der Waals surface area contributed by atoms with Gasteiger partial charge in [0, 0.05) is 33.3 Å². The molecule has 11 rings (SSSR count). The first-order chi connectivity index (χ1) is 28.2. The highest BCUT2D eigenvalue weighted by Crippen LogP contribution is 2.45. The van der Waals surface area contributed by atoms with Crippen LogP contribution in [0.1, 0.15) is 35.1 Å².